The fourth-order valence-electron chi connectivity index (χ4n) is 2.78. The Kier molecular flexibility index (Phi) is 4.42. The molecule has 1 aliphatic rings. The first-order valence-electron chi connectivity index (χ1n) is 7.43. The molecule has 1 fully saturated rings. The molecule has 1 atom stereocenters. The van der Waals surface area contributed by atoms with Crippen molar-refractivity contribution in [3.8, 4) is 0 Å². The van der Waals surface area contributed by atoms with Crippen LogP contribution < -0.4 is 0 Å². The maximum atomic E-state index is 12.3. The van der Waals surface area contributed by atoms with E-state index in [9.17, 15) is 14.7 Å². The number of halogens is 1. The van der Waals surface area contributed by atoms with Crippen molar-refractivity contribution in [3.05, 3.63) is 27.7 Å². The fraction of sp³-hybridized carbons (Fsp3) is 0.438. The molecular formula is C16H17BrN2O3S. The van der Waals surface area contributed by atoms with Gasteiger partial charge in [0.25, 0.3) is 0 Å². The van der Waals surface area contributed by atoms with Gasteiger partial charge >= 0.3 is 5.97 Å². The zero-order valence-electron chi connectivity index (χ0n) is 12.7. The number of hydrogen-bond donors (Lipinski definition) is 1. The number of hydrogen-bond acceptors (Lipinski definition) is 4. The number of carboxylic acids is 1. The lowest BCUT2D eigenvalue weighted by molar-refractivity contribution is -0.147. The van der Waals surface area contributed by atoms with E-state index in [2.05, 4.69) is 20.9 Å². The molecule has 0 bridgehead atoms. The van der Waals surface area contributed by atoms with Gasteiger partial charge in [-0.15, -0.1) is 11.3 Å². The molecule has 1 unspecified atom stereocenters. The Morgan fingerprint density at radius 3 is 2.96 bits per heavy atom. The molecule has 1 aromatic heterocycles. The fourth-order valence-corrected chi connectivity index (χ4v) is 4.07. The summed E-state index contributed by atoms with van der Waals surface area (Å²) in [6.07, 6.45) is 1.48. The molecule has 1 aromatic carbocycles. The maximum Gasteiger partial charge on any atom is 0.311 e. The van der Waals surface area contributed by atoms with Crippen molar-refractivity contribution in [1.82, 2.24) is 9.88 Å². The summed E-state index contributed by atoms with van der Waals surface area (Å²) in [5.74, 6) is -0.819. The lowest BCUT2D eigenvalue weighted by Crippen LogP contribution is -2.34. The summed E-state index contributed by atoms with van der Waals surface area (Å²) in [4.78, 5) is 29.8. The number of carbonyl (C=O) groups is 2. The van der Waals surface area contributed by atoms with Crippen molar-refractivity contribution < 1.29 is 14.7 Å². The third-order valence-electron chi connectivity index (χ3n) is 4.29. The number of fused-ring (bicyclic) bond motifs is 1. The summed E-state index contributed by atoms with van der Waals surface area (Å²) in [6, 6.07) is 5.96. The zero-order chi connectivity index (χ0) is 16.6. The SMILES string of the molecule is CC1(C(=O)O)CCN(C(=O)CCc2nc3cc(Br)ccc3s2)C1. The Balaban J connectivity index is 1.61. The average molecular weight is 397 g/mol. The van der Waals surface area contributed by atoms with Gasteiger partial charge in [-0.1, -0.05) is 15.9 Å². The molecule has 3 rings (SSSR count). The van der Waals surface area contributed by atoms with Crippen LogP contribution in [0, 0.1) is 5.41 Å². The number of carbonyl (C=O) groups excluding carboxylic acids is 1. The van der Waals surface area contributed by atoms with Gasteiger partial charge in [-0.3, -0.25) is 9.59 Å². The smallest absolute Gasteiger partial charge is 0.311 e. The first kappa shape index (κ1) is 16.4. The molecule has 1 N–H and O–H groups in total. The Morgan fingerprint density at radius 1 is 1.48 bits per heavy atom. The highest BCUT2D eigenvalue weighted by molar-refractivity contribution is 9.10. The third kappa shape index (κ3) is 3.40. The predicted octanol–water partition coefficient (Wildman–Crippen LogP) is 3.31. The maximum absolute atomic E-state index is 12.3. The second-order valence-electron chi connectivity index (χ2n) is 6.15. The highest BCUT2D eigenvalue weighted by Crippen LogP contribution is 2.31. The second-order valence-corrected chi connectivity index (χ2v) is 8.18. The van der Waals surface area contributed by atoms with E-state index in [4.69, 9.17) is 0 Å². The van der Waals surface area contributed by atoms with Gasteiger partial charge in [0.2, 0.25) is 5.91 Å². The van der Waals surface area contributed by atoms with Gasteiger partial charge in [0.1, 0.15) is 0 Å². The summed E-state index contributed by atoms with van der Waals surface area (Å²) in [7, 11) is 0. The Hall–Kier alpha value is -1.47. The van der Waals surface area contributed by atoms with Crippen LogP contribution in [-0.4, -0.2) is 40.0 Å². The molecule has 7 heteroatoms. The number of rotatable bonds is 4. The molecule has 122 valence electrons. The van der Waals surface area contributed by atoms with Gasteiger partial charge in [-0.2, -0.15) is 0 Å². The van der Waals surface area contributed by atoms with Gasteiger partial charge in [-0.05, 0) is 31.5 Å². The summed E-state index contributed by atoms with van der Waals surface area (Å²) < 4.78 is 2.10. The van der Waals surface area contributed by atoms with Gasteiger partial charge < -0.3 is 10.0 Å². The molecule has 5 nitrogen and oxygen atoms in total. The van der Waals surface area contributed by atoms with E-state index in [1.165, 1.54) is 0 Å². The number of aliphatic carboxylic acids is 1. The van der Waals surface area contributed by atoms with Crippen LogP contribution in [0.25, 0.3) is 10.2 Å². The molecule has 0 saturated carbocycles. The van der Waals surface area contributed by atoms with Crippen molar-refractivity contribution in [2.24, 2.45) is 5.41 Å². The summed E-state index contributed by atoms with van der Waals surface area (Å²) in [5.41, 5.74) is 0.129. The number of nitrogens with zero attached hydrogens (tertiary/aromatic N) is 2. The number of aryl methyl sites for hydroxylation is 1. The molecule has 0 aliphatic carbocycles. The van der Waals surface area contributed by atoms with E-state index < -0.39 is 11.4 Å². The number of amides is 1. The van der Waals surface area contributed by atoms with Gasteiger partial charge in [-0.25, -0.2) is 4.98 Å². The number of aromatic nitrogens is 1. The molecule has 0 spiro atoms. The molecule has 2 aromatic rings. The van der Waals surface area contributed by atoms with E-state index in [1.54, 1.807) is 23.2 Å². The summed E-state index contributed by atoms with van der Waals surface area (Å²) in [5, 5.41) is 10.2. The zero-order valence-corrected chi connectivity index (χ0v) is 15.1. The minimum atomic E-state index is -0.829. The Labute approximate surface area is 146 Å². The number of carboxylic acid groups (broad SMARTS) is 1. The normalized spacial score (nSPS) is 21.0. The molecule has 0 radical (unpaired) electrons. The van der Waals surface area contributed by atoms with Crippen LogP contribution in [0.1, 0.15) is 24.8 Å². The van der Waals surface area contributed by atoms with Crippen LogP contribution >= 0.6 is 27.3 Å². The van der Waals surface area contributed by atoms with Crippen LogP contribution in [-0.2, 0) is 16.0 Å². The van der Waals surface area contributed by atoms with E-state index in [1.807, 2.05) is 18.2 Å². The largest absolute Gasteiger partial charge is 0.481 e. The van der Waals surface area contributed by atoms with Gasteiger partial charge in [0.05, 0.1) is 20.6 Å². The third-order valence-corrected chi connectivity index (χ3v) is 5.88. The van der Waals surface area contributed by atoms with Crippen LogP contribution in [0.2, 0.25) is 0 Å². The Bertz CT molecular complexity index is 776. The van der Waals surface area contributed by atoms with Crippen molar-refractivity contribution in [2.75, 3.05) is 13.1 Å². The highest BCUT2D eigenvalue weighted by Gasteiger charge is 2.41. The highest BCUT2D eigenvalue weighted by atomic mass is 79.9. The Morgan fingerprint density at radius 2 is 2.26 bits per heavy atom. The quantitative estimate of drug-likeness (QED) is 0.860. The molecule has 1 aliphatic heterocycles. The topological polar surface area (TPSA) is 70.5 Å². The molecule has 23 heavy (non-hydrogen) atoms. The monoisotopic (exact) mass is 396 g/mol. The standard InChI is InChI=1S/C16H17BrN2O3S/c1-16(15(21)22)6-7-19(9-16)14(20)5-4-13-18-11-8-10(17)2-3-12(11)23-13/h2-3,8H,4-7,9H2,1H3,(H,21,22). The van der Waals surface area contributed by atoms with Gasteiger partial charge in [0, 0.05) is 30.4 Å². The minimum absolute atomic E-state index is 0.00964. The first-order valence-corrected chi connectivity index (χ1v) is 9.04. The van der Waals surface area contributed by atoms with E-state index in [-0.39, 0.29) is 5.91 Å². The number of likely N-dealkylation sites (tertiary alicyclic amines) is 1. The first-order chi connectivity index (χ1) is 10.9. The van der Waals surface area contributed by atoms with Crippen molar-refractivity contribution in [2.45, 2.75) is 26.2 Å². The van der Waals surface area contributed by atoms with Crippen LogP contribution in [0.3, 0.4) is 0 Å². The van der Waals surface area contributed by atoms with Crippen LogP contribution in [0.5, 0.6) is 0 Å². The molecule has 1 amide bonds. The van der Waals surface area contributed by atoms with Crippen LogP contribution in [0.4, 0.5) is 0 Å². The van der Waals surface area contributed by atoms with E-state index in [0.717, 1.165) is 19.7 Å². The van der Waals surface area contributed by atoms with Crippen molar-refractivity contribution in [3.63, 3.8) is 0 Å². The summed E-state index contributed by atoms with van der Waals surface area (Å²) in [6.45, 7) is 2.52. The van der Waals surface area contributed by atoms with Crippen molar-refractivity contribution in [1.29, 1.82) is 0 Å². The second kappa shape index (κ2) is 6.20. The summed E-state index contributed by atoms with van der Waals surface area (Å²) >= 11 is 5.03. The molecular weight excluding hydrogens is 380 g/mol. The van der Waals surface area contributed by atoms with Crippen molar-refractivity contribution >= 4 is 49.4 Å². The van der Waals surface area contributed by atoms with Gasteiger partial charge in [0.15, 0.2) is 0 Å². The molecule has 2 heterocycles. The number of thiazole rings is 1. The lowest BCUT2D eigenvalue weighted by atomic mass is 9.90. The van der Waals surface area contributed by atoms with E-state index >= 15 is 0 Å². The minimum Gasteiger partial charge on any atom is -0.481 e. The lowest BCUT2D eigenvalue weighted by Gasteiger charge is -2.20. The average Bonchev–Trinajstić information content (AvgIpc) is 3.08. The van der Waals surface area contributed by atoms with E-state index in [0.29, 0.717) is 32.4 Å². The van der Waals surface area contributed by atoms with Crippen LogP contribution in [0.15, 0.2) is 22.7 Å². The molecule has 1 saturated heterocycles. The predicted molar refractivity (Wildman–Crippen MR) is 92.6 cm³/mol. The number of benzene rings is 1.